The molecule has 0 fully saturated rings. The van der Waals surface area contributed by atoms with E-state index in [-0.39, 0.29) is 11.3 Å². The highest BCUT2D eigenvalue weighted by atomic mass is 32.2. The predicted octanol–water partition coefficient (Wildman–Crippen LogP) is 1.78. The smallest absolute Gasteiger partial charge is 0.217 e. The van der Waals surface area contributed by atoms with Gasteiger partial charge in [0.1, 0.15) is 0 Å². The van der Waals surface area contributed by atoms with E-state index < -0.39 is 10.0 Å². The van der Waals surface area contributed by atoms with Gasteiger partial charge in [-0.1, -0.05) is 6.92 Å². The number of rotatable bonds is 10. The van der Waals surface area contributed by atoms with E-state index in [1.165, 1.54) is 4.31 Å². The third kappa shape index (κ3) is 5.91. The highest BCUT2D eigenvalue weighted by Crippen LogP contribution is 2.14. The zero-order chi connectivity index (χ0) is 14.2. The van der Waals surface area contributed by atoms with Crippen LogP contribution in [-0.4, -0.2) is 56.2 Å². The summed E-state index contributed by atoms with van der Waals surface area (Å²) >= 11 is 1.75. The fourth-order valence-electron chi connectivity index (χ4n) is 1.59. The Kier molecular flexibility index (Phi) is 9.29. The van der Waals surface area contributed by atoms with E-state index in [1.54, 1.807) is 25.7 Å². The summed E-state index contributed by atoms with van der Waals surface area (Å²) in [5, 5.41) is 2.80. The van der Waals surface area contributed by atoms with Crippen LogP contribution in [0.3, 0.4) is 0 Å². The summed E-state index contributed by atoms with van der Waals surface area (Å²) < 4.78 is 26.1. The maximum Gasteiger partial charge on any atom is 0.217 e. The average molecular weight is 297 g/mol. The van der Waals surface area contributed by atoms with Crippen LogP contribution in [0.5, 0.6) is 0 Å². The summed E-state index contributed by atoms with van der Waals surface area (Å²) in [5.74, 6) is 0.990. The Bertz CT molecular complexity index is 307. The van der Waals surface area contributed by atoms with Crippen LogP contribution in [0, 0.1) is 0 Å². The molecule has 110 valence electrons. The van der Waals surface area contributed by atoms with Gasteiger partial charge < -0.3 is 5.32 Å². The maximum absolute atomic E-state index is 12.3. The van der Waals surface area contributed by atoms with Gasteiger partial charge >= 0.3 is 0 Å². The molecule has 1 N–H and O–H groups in total. The average Bonchev–Trinajstić information content (AvgIpc) is 2.34. The topological polar surface area (TPSA) is 49.4 Å². The first-order chi connectivity index (χ1) is 8.37. The standard InChI is InChI=1S/C12H28N2O2S2/c1-6-8-13-10-12(3)18(15,16)14(4)11(2)7-9-17-5/h11-13H,6-10H2,1-5H3. The first-order valence-corrected chi connectivity index (χ1v) is 9.44. The van der Waals surface area contributed by atoms with Gasteiger partial charge in [0.25, 0.3) is 0 Å². The van der Waals surface area contributed by atoms with Crippen LogP contribution in [0.2, 0.25) is 0 Å². The van der Waals surface area contributed by atoms with Crippen molar-refractivity contribution in [3.8, 4) is 0 Å². The van der Waals surface area contributed by atoms with E-state index in [4.69, 9.17) is 0 Å². The Morgan fingerprint density at radius 1 is 1.33 bits per heavy atom. The minimum atomic E-state index is -3.19. The molecule has 0 spiro atoms. The minimum absolute atomic E-state index is 0.0658. The van der Waals surface area contributed by atoms with Crippen LogP contribution in [0.25, 0.3) is 0 Å². The van der Waals surface area contributed by atoms with Crippen LogP contribution < -0.4 is 5.32 Å². The summed E-state index contributed by atoms with van der Waals surface area (Å²) in [6, 6.07) is 0.0658. The molecule has 0 saturated heterocycles. The van der Waals surface area contributed by atoms with E-state index in [9.17, 15) is 8.42 Å². The fraction of sp³-hybridized carbons (Fsp3) is 1.00. The van der Waals surface area contributed by atoms with Gasteiger partial charge in [-0.25, -0.2) is 12.7 Å². The van der Waals surface area contributed by atoms with Gasteiger partial charge in [0, 0.05) is 19.6 Å². The third-order valence-corrected chi connectivity index (χ3v) is 6.12. The molecule has 6 heteroatoms. The lowest BCUT2D eigenvalue weighted by atomic mass is 10.3. The Balaban J connectivity index is 4.40. The van der Waals surface area contributed by atoms with E-state index in [2.05, 4.69) is 12.2 Å². The van der Waals surface area contributed by atoms with Crippen molar-refractivity contribution in [3.63, 3.8) is 0 Å². The molecule has 0 rings (SSSR count). The molecule has 0 radical (unpaired) electrons. The van der Waals surface area contributed by atoms with Crippen LogP contribution in [0.1, 0.15) is 33.6 Å². The van der Waals surface area contributed by atoms with Gasteiger partial charge in [0.15, 0.2) is 0 Å². The summed E-state index contributed by atoms with van der Waals surface area (Å²) in [5.41, 5.74) is 0. The van der Waals surface area contributed by atoms with E-state index >= 15 is 0 Å². The molecule has 0 heterocycles. The first-order valence-electron chi connectivity index (χ1n) is 6.54. The molecule has 4 nitrogen and oxygen atoms in total. The summed E-state index contributed by atoms with van der Waals surface area (Å²) in [6.45, 7) is 7.21. The summed E-state index contributed by atoms with van der Waals surface area (Å²) in [4.78, 5) is 0. The van der Waals surface area contributed by atoms with Crippen LogP contribution >= 0.6 is 11.8 Å². The Morgan fingerprint density at radius 2 is 1.94 bits per heavy atom. The molecule has 18 heavy (non-hydrogen) atoms. The predicted molar refractivity (Wildman–Crippen MR) is 81.8 cm³/mol. The van der Waals surface area contributed by atoms with Crippen molar-refractivity contribution in [3.05, 3.63) is 0 Å². The normalized spacial score (nSPS) is 15.9. The molecule has 0 aliphatic carbocycles. The van der Waals surface area contributed by atoms with Gasteiger partial charge in [0.2, 0.25) is 10.0 Å². The quantitative estimate of drug-likeness (QED) is 0.624. The Hall–Kier alpha value is 0.220. The lowest BCUT2D eigenvalue weighted by molar-refractivity contribution is 0.376. The summed E-state index contributed by atoms with van der Waals surface area (Å²) in [6.07, 6.45) is 3.96. The SMILES string of the molecule is CCCNCC(C)S(=O)(=O)N(C)C(C)CCSC. The van der Waals surface area contributed by atoms with E-state index in [0.29, 0.717) is 6.54 Å². The van der Waals surface area contributed by atoms with E-state index in [0.717, 1.165) is 25.1 Å². The second-order valence-electron chi connectivity index (χ2n) is 4.71. The third-order valence-electron chi connectivity index (χ3n) is 3.13. The fourth-order valence-corrected chi connectivity index (χ4v) is 3.67. The molecule has 2 unspecified atom stereocenters. The number of hydrogen-bond acceptors (Lipinski definition) is 4. The molecule has 0 aromatic heterocycles. The minimum Gasteiger partial charge on any atom is -0.315 e. The van der Waals surface area contributed by atoms with Gasteiger partial charge in [-0.15, -0.1) is 0 Å². The molecular weight excluding hydrogens is 268 g/mol. The summed E-state index contributed by atoms with van der Waals surface area (Å²) in [7, 11) is -1.50. The Morgan fingerprint density at radius 3 is 2.44 bits per heavy atom. The lowest BCUT2D eigenvalue weighted by Gasteiger charge is -2.27. The highest BCUT2D eigenvalue weighted by Gasteiger charge is 2.28. The maximum atomic E-state index is 12.3. The number of nitrogens with zero attached hydrogens (tertiary/aromatic N) is 1. The molecule has 0 bridgehead atoms. The van der Waals surface area contributed by atoms with E-state index in [1.807, 2.05) is 13.2 Å². The zero-order valence-corrected chi connectivity index (χ0v) is 13.9. The van der Waals surface area contributed by atoms with Gasteiger partial charge in [-0.05, 0) is 45.2 Å². The van der Waals surface area contributed by atoms with Crippen molar-refractivity contribution >= 4 is 21.8 Å². The van der Waals surface area contributed by atoms with Crippen molar-refractivity contribution in [1.82, 2.24) is 9.62 Å². The van der Waals surface area contributed by atoms with Crippen LogP contribution in [0.4, 0.5) is 0 Å². The second-order valence-corrected chi connectivity index (χ2v) is 8.10. The largest absolute Gasteiger partial charge is 0.315 e. The van der Waals surface area contributed by atoms with Gasteiger partial charge in [-0.3, -0.25) is 0 Å². The van der Waals surface area contributed by atoms with Crippen molar-refractivity contribution in [2.75, 3.05) is 32.1 Å². The molecule has 0 amide bonds. The first kappa shape index (κ1) is 18.2. The molecule has 0 aliphatic heterocycles. The Labute approximate surface area is 117 Å². The molecular formula is C12H28N2O2S2. The number of sulfonamides is 1. The number of hydrogen-bond donors (Lipinski definition) is 1. The second kappa shape index (κ2) is 9.18. The molecule has 0 aliphatic rings. The van der Waals surface area contributed by atoms with Crippen LogP contribution in [0.15, 0.2) is 0 Å². The van der Waals surface area contributed by atoms with Crippen LogP contribution in [-0.2, 0) is 10.0 Å². The molecule has 0 saturated carbocycles. The lowest BCUT2D eigenvalue weighted by Crippen LogP contribution is -2.44. The monoisotopic (exact) mass is 296 g/mol. The van der Waals surface area contributed by atoms with Crippen molar-refractivity contribution in [1.29, 1.82) is 0 Å². The molecule has 0 aromatic carbocycles. The van der Waals surface area contributed by atoms with Crippen molar-refractivity contribution < 1.29 is 8.42 Å². The van der Waals surface area contributed by atoms with Gasteiger partial charge in [-0.2, -0.15) is 11.8 Å². The number of thioether (sulfide) groups is 1. The van der Waals surface area contributed by atoms with Gasteiger partial charge in [0.05, 0.1) is 5.25 Å². The number of nitrogens with one attached hydrogen (secondary N) is 1. The van der Waals surface area contributed by atoms with Crippen molar-refractivity contribution in [2.45, 2.75) is 44.9 Å². The molecule has 0 aromatic rings. The van der Waals surface area contributed by atoms with Crippen molar-refractivity contribution in [2.24, 2.45) is 0 Å². The molecule has 2 atom stereocenters. The highest BCUT2D eigenvalue weighted by molar-refractivity contribution is 7.98. The zero-order valence-electron chi connectivity index (χ0n) is 12.3.